The molecule has 1 aliphatic rings. The summed E-state index contributed by atoms with van der Waals surface area (Å²) < 4.78 is 0. The number of benzene rings is 1. The molecular formula is C16H25N3O. The summed E-state index contributed by atoms with van der Waals surface area (Å²) in [6, 6.07) is 10.5. The van der Waals surface area contributed by atoms with Crippen LogP contribution in [0.1, 0.15) is 25.3 Å². The van der Waals surface area contributed by atoms with Gasteiger partial charge < -0.3 is 10.6 Å². The molecule has 20 heavy (non-hydrogen) atoms. The van der Waals surface area contributed by atoms with Crippen molar-refractivity contribution in [3.05, 3.63) is 35.9 Å². The average Bonchev–Trinajstić information content (AvgIpc) is 2.49. The smallest absolute Gasteiger partial charge is 0.224 e. The summed E-state index contributed by atoms with van der Waals surface area (Å²) in [5.41, 5.74) is 7.19. The molecule has 4 heteroatoms. The summed E-state index contributed by atoms with van der Waals surface area (Å²) in [6.07, 6.45) is 1.34. The number of carbonyl (C=O) groups is 1. The fourth-order valence-corrected chi connectivity index (χ4v) is 2.49. The number of piperazine rings is 1. The van der Waals surface area contributed by atoms with Gasteiger partial charge in [0.15, 0.2) is 0 Å². The van der Waals surface area contributed by atoms with Crippen LogP contribution in [-0.4, -0.2) is 47.9 Å². The molecule has 0 radical (unpaired) electrons. The SMILES string of the molecule is CCC(N)CC(=O)N1CCN(Cc2ccccc2)CC1. The molecule has 1 amide bonds. The summed E-state index contributed by atoms with van der Waals surface area (Å²) in [4.78, 5) is 16.4. The lowest BCUT2D eigenvalue weighted by Gasteiger charge is -2.35. The molecule has 1 unspecified atom stereocenters. The van der Waals surface area contributed by atoms with Crippen LogP contribution in [0.25, 0.3) is 0 Å². The molecule has 1 aromatic carbocycles. The zero-order chi connectivity index (χ0) is 14.4. The third kappa shape index (κ3) is 4.32. The normalized spacial score (nSPS) is 18.0. The predicted octanol–water partition coefficient (Wildman–Crippen LogP) is 1.46. The lowest BCUT2D eigenvalue weighted by Crippen LogP contribution is -2.49. The lowest BCUT2D eigenvalue weighted by molar-refractivity contribution is -0.133. The van der Waals surface area contributed by atoms with Crippen LogP contribution in [0.4, 0.5) is 0 Å². The molecule has 0 spiro atoms. The van der Waals surface area contributed by atoms with Crippen LogP contribution >= 0.6 is 0 Å². The highest BCUT2D eigenvalue weighted by atomic mass is 16.2. The Morgan fingerprint density at radius 3 is 2.45 bits per heavy atom. The topological polar surface area (TPSA) is 49.6 Å². The van der Waals surface area contributed by atoms with Crippen molar-refractivity contribution in [3.63, 3.8) is 0 Å². The van der Waals surface area contributed by atoms with E-state index in [9.17, 15) is 4.79 Å². The first kappa shape index (κ1) is 15.0. The van der Waals surface area contributed by atoms with Crippen LogP contribution in [0.2, 0.25) is 0 Å². The highest BCUT2D eigenvalue weighted by Gasteiger charge is 2.21. The molecule has 0 aromatic heterocycles. The number of hydrogen-bond donors (Lipinski definition) is 1. The zero-order valence-electron chi connectivity index (χ0n) is 12.3. The van der Waals surface area contributed by atoms with Gasteiger partial charge in [0, 0.05) is 45.2 Å². The van der Waals surface area contributed by atoms with Crippen LogP contribution in [0.5, 0.6) is 0 Å². The van der Waals surface area contributed by atoms with E-state index in [4.69, 9.17) is 5.73 Å². The standard InChI is InChI=1S/C16H25N3O/c1-2-15(17)12-16(20)19-10-8-18(9-11-19)13-14-6-4-3-5-7-14/h3-7,15H,2,8-13,17H2,1H3. The molecule has 1 atom stereocenters. The number of nitrogens with two attached hydrogens (primary N) is 1. The monoisotopic (exact) mass is 275 g/mol. The van der Waals surface area contributed by atoms with E-state index in [-0.39, 0.29) is 11.9 Å². The highest BCUT2D eigenvalue weighted by molar-refractivity contribution is 5.76. The van der Waals surface area contributed by atoms with Crippen molar-refractivity contribution < 1.29 is 4.79 Å². The third-order valence-electron chi connectivity index (χ3n) is 3.94. The molecule has 0 bridgehead atoms. The summed E-state index contributed by atoms with van der Waals surface area (Å²) in [5, 5.41) is 0. The van der Waals surface area contributed by atoms with E-state index in [1.54, 1.807) is 0 Å². The first-order valence-electron chi connectivity index (χ1n) is 7.48. The van der Waals surface area contributed by atoms with Crippen molar-refractivity contribution in [1.29, 1.82) is 0 Å². The Labute approximate surface area is 121 Å². The van der Waals surface area contributed by atoms with Crippen LogP contribution < -0.4 is 5.73 Å². The predicted molar refractivity (Wildman–Crippen MR) is 81.2 cm³/mol. The van der Waals surface area contributed by atoms with Gasteiger partial charge in [-0.25, -0.2) is 0 Å². The summed E-state index contributed by atoms with van der Waals surface area (Å²) in [6.45, 7) is 6.53. The van der Waals surface area contributed by atoms with Gasteiger partial charge in [0.1, 0.15) is 0 Å². The van der Waals surface area contributed by atoms with Gasteiger partial charge >= 0.3 is 0 Å². The lowest BCUT2D eigenvalue weighted by atomic mass is 10.1. The molecule has 2 rings (SSSR count). The van der Waals surface area contributed by atoms with Gasteiger partial charge in [-0.1, -0.05) is 37.3 Å². The number of hydrogen-bond acceptors (Lipinski definition) is 3. The van der Waals surface area contributed by atoms with Gasteiger partial charge in [0.2, 0.25) is 5.91 Å². The van der Waals surface area contributed by atoms with E-state index >= 15 is 0 Å². The Kier molecular flexibility index (Phi) is 5.56. The summed E-state index contributed by atoms with van der Waals surface area (Å²) in [5.74, 6) is 0.207. The van der Waals surface area contributed by atoms with Crippen molar-refractivity contribution in [1.82, 2.24) is 9.80 Å². The van der Waals surface area contributed by atoms with E-state index in [0.717, 1.165) is 39.1 Å². The number of nitrogens with zero attached hydrogens (tertiary/aromatic N) is 2. The average molecular weight is 275 g/mol. The first-order chi connectivity index (χ1) is 9.69. The minimum atomic E-state index is 0.00449. The fourth-order valence-electron chi connectivity index (χ4n) is 2.49. The van der Waals surface area contributed by atoms with Gasteiger partial charge in [-0.15, -0.1) is 0 Å². The Balaban J connectivity index is 1.76. The molecule has 2 N–H and O–H groups in total. The van der Waals surface area contributed by atoms with Crippen molar-refractivity contribution in [2.75, 3.05) is 26.2 Å². The highest BCUT2D eigenvalue weighted by Crippen LogP contribution is 2.10. The molecule has 1 aliphatic heterocycles. The zero-order valence-corrected chi connectivity index (χ0v) is 12.3. The maximum atomic E-state index is 12.1. The Bertz CT molecular complexity index is 413. The maximum Gasteiger partial charge on any atom is 0.224 e. The largest absolute Gasteiger partial charge is 0.340 e. The van der Waals surface area contributed by atoms with E-state index in [1.807, 2.05) is 17.9 Å². The minimum Gasteiger partial charge on any atom is -0.340 e. The van der Waals surface area contributed by atoms with Crippen LogP contribution in [0.3, 0.4) is 0 Å². The number of rotatable bonds is 5. The molecule has 4 nitrogen and oxygen atoms in total. The van der Waals surface area contributed by atoms with Gasteiger partial charge in [0.25, 0.3) is 0 Å². The van der Waals surface area contributed by atoms with Crippen LogP contribution in [-0.2, 0) is 11.3 Å². The van der Waals surface area contributed by atoms with E-state index in [2.05, 4.69) is 29.2 Å². The first-order valence-corrected chi connectivity index (χ1v) is 7.48. The molecule has 110 valence electrons. The summed E-state index contributed by atoms with van der Waals surface area (Å²) >= 11 is 0. The van der Waals surface area contributed by atoms with E-state index < -0.39 is 0 Å². The molecule has 0 aliphatic carbocycles. The maximum absolute atomic E-state index is 12.1. The second kappa shape index (κ2) is 7.41. The van der Waals surface area contributed by atoms with Crippen molar-refractivity contribution >= 4 is 5.91 Å². The molecule has 1 aromatic rings. The quantitative estimate of drug-likeness (QED) is 0.885. The Morgan fingerprint density at radius 2 is 1.85 bits per heavy atom. The van der Waals surface area contributed by atoms with Crippen molar-refractivity contribution in [2.45, 2.75) is 32.4 Å². The molecule has 0 saturated carbocycles. The second-order valence-corrected chi connectivity index (χ2v) is 5.51. The molecule has 1 heterocycles. The Hall–Kier alpha value is -1.39. The van der Waals surface area contributed by atoms with Crippen molar-refractivity contribution in [3.8, 4) is 0 Å². The van der Waals surface area contributed by atoms with Gasteiger partial charge in [-0.2, -0.15) is 0 Å². The van der Waals surface area contributed by atoms with Crippen LogP contribution in [0, 0.1) is 0 Å². The molecule has 1 fully saturated rings. The van der Waals surface area contributed by atoms with Gasteiger partial charge in [-0.3, -0.25) is 9.69 Å². The van der Waals surface area contributed by atoms with E-state index in [1.165, 1.54) is 5.56 Å². The number of amides is 1. The third-order valence-corrected chi connectivity index (χ3v) is 3.94. The second-order valence-electron chi connectivity index (χ2n) is 5.51. The van der Waals surface area contributed by atoms with E-state index in [0.29, 0.717) is 6.42 Å². The minimum absolute atomic E-state index is 0.00449. The molecular weight excluding hydrogens is 250 g/mol. The molecule has 1 saturated heterocycles. The summed E-state index contributed by atoms with van der Waals surface area (Å²) in [7, 11) is 0. The Morgan fingerprint density at radius 1 is 1.20 bits per heavy atom. The number of carbonyl (C=O) groups excluding carboxylic acids is 1. The fraction of sp³-hybridized carbons (Fsp3) is 0.562. The van der Waals surface area contributed by atoms with Crippen LogP contribution in [0.15, 0.2) is 30.3 Å². The van der Waals surface area contributed by atoms with Crippen molar-refractivity contribution in [2.24, 2.45) is 5.73 Å². The van der Waals surface area contributed by atoms with Gasteiger partial charge in [-0.05, 0) is 12.0 Å². The van der Waals surface area contributed by atoms with Gasteiger partial charge in [0.05, 0.1) is 0 Å².